The Hall–Kier alpha value is -3.14. The maximum absolute atomic E-state index is 13.7. The van der Waals surface area contributed by atoms with Gasteiger partial charge in [0.25, 0.3) is 0 Å². The Morgan fingerprint density at radius 2 is 1.84 bits per heavy atom. The maximum atomic E-state index is 13.7. The average Bonchev–Trinajstić information content (AvgIpc) is 3.01. The van der Waals surface area contributed by atoms with Crippen LogP contribution in [0.25, 0.3) is 5.69 Å². The quantitative estimate of drug-likeness (QED) is 0.589. The molecule has 1 heterocycles. The molecular formula is C20H17ClF4N4O2. The number of rotatable bonds is 5. The highest BCUT2D eigenvalue weighted by Crippen LogP contribution is 2.28. The highest BCUT2D eigenvalue weighted by atomic mass is 35.5. The molecule has 2 aromatic carbocycles. The van der Waals surface area contributed by atoms with Crippen molar-refractivity contribution in [2.75, 3.05) is 0 Å². The number of aromatic nitrogens is 3. The molecule has 0 bridgehead atoms. The van der Waals surface area contributed by atoms with Crippen molar-refractivity contribution in [1.29, 1.82) is 0 Å². The molecule has 3 rings (SSSR count). The molecule has 11 heteroatoms. The Labute approximate surface area is 179 Å². The third-order valence-corrected chi connectivity index (χ3v) is 4.80. The van der Waals surface area contributed by atoms with Crippen LogP contribution in [0.15, 0.2) is 47.3 Å². The van der Waals surface area contributed by atoms with Crippen LogP contribution in [0.5, 0.6) is 0 Å². The van der Waals surface area contributed by atoms with Gasteiger partial charge in [-0.15, -0.1) is 5.10 Å². The first-order valence-electron chi connectivity index (χ1n) is 9.06. The van der Waals surface area contributed by atoms with Crippen molar-refractivity contribution in [3.63, 3.8) is 0 Å². The third kappa shape index (κ3) is 4.96. The molecule has 1 aromatic heterocycles. The van der Waals surface area contributed by atoms with E-state index in [0.717, 1.165) is 0 Å². The lowest BCUT2D eigenvalue weighted by atomic mass is 10.1. The predicted octanol–water partition coefficient (Wildman–Crippen LogP) is 4.03. The largest absolute Gasteiger partial charge is 0.452 e. The van der Waals surface area contributed by atoms with Crippen molar-refractivity contribution in [3.05, 3.63) is 80.7 Å². The van der Waals surface area contributed by atoms with Gasteiger partial charge in [-0.25, -0.2) is 18.4 Å². The van der Waals surface area contributed by atoms with Gasteiger partial charge in [-0.05, 0) is 55.3 Å². The highest BCUT2D eigenvalue weighted by Gasteiger charge is 2.39. The van der Waals surface area contributed by atoms with Crippen LogP contribution in [-0.4, -0.2) is 20.3 Å². The van der Waals surface area contributed by atoms with Crippen LogP contribution in [0, 0.1) is 12.7 Å². The molecule has 0 fully saturated rings. The van der Waals surface area contributed by atoms with Crippen LogP contribution in [0.2, 0.25) is 5.02 Å². The number of aryl methyl sites for hydroxylation is 1. The summed E-state index contributed by atoms with van der Waals surface area (Å²) >= 11 is 5.75. The van der Waals surface area contributed by atoms with Gasteiger partial charge in [-0.3, -0.25) is 4.79 Å². The minimum atomic E-state index is -4.94. The molecule has 0 saturated heterocycles. The Bertz CT molecular complexity index is 1170. The number of carbonyl (C=O) groups excluding carboxylic acids is 1. The molecule has 0 aliphatic rings. The number of nitrogens with zero attached hydrogens (tertiary/aromatic N) is 3. The molecule has 0 aliphatic heterocycles. The fourth-order valence-corrected chi connectivity index (χ4v) is 3.03. The number of hydrogen-bond acceptors (Lipinski definition) is 3. The molecule has 1 amide bonds. The summed E-state index contributed by atoms with van der Waals surface area (Å²) in [6, 6.07) is 8.90. The van der Waals surface area contributed by atoms with E-state index in [1.807, 2.05) is 0 Å². The van der Waals surface area contributed by atoms with Gasteiger partial charge in [-0.1, -0.05) is 23.7 Å². The highest BCUT2D eigenvalue weighted by molar-refractivity contribution is 6.30. The number of nitrogens with one attached hydrogen (secondary N) is 1. The molecule has 1 atom stereocenters. The molecule has 1 N–H and O–H groups in total. The Balaban J connectivity index is 1.87. The number of benzene rings is 2. The normalized spacial score (nSPS) is 12.6. The summed E-state index contributed by atoms with van der Waals surface area (Å²) in [4.78, 5) is 24.9. The van der Waals surface area contributed by atoms with Crippen molar-refractivity contribution in [1.82, 2.24) is 19.7 Å². The summed E-state index contributed by atoms with van der Waals surface area (Å²) < 4.78 is 54.9. The van der Waals surface area contributed by atoms with Gasteiger partial charge in [0.1, 0.15) is 12.4 Å². The summed E-state index contributed by atoms with van der Waals surface area (Å²) in [5, 5.41) is 6.11. The van der Waals surface area contributed by atoms with E-state index in [2.05, 4.69) is 10.4 Å². The van der Waals surface area contributed by atoms with Crippen molar-refractivity contribution >= 4 is 17.5 Å². The molecule has 0 unspecified atom stereocenters. The second-order valence-corrected chi connectivity index (χ2v) is 7.31. The van der Waals surface area contributed by atoms with Gasteiger partial charge < -0.3 is 5.32 Å². The van der Waals surface area contributed by atoms with E-state index in [1.54, 1.807) is 26.0 Å². The maximum Gasteiger partial charge on any atom is 0.452 e. The third-order valence-electron chi connectivity index (χ3n) is 4.54. The van der Waals surface area contributed by atoms with Crippen molar-refractivity contribution in [3.8, 4) is 5.69 Å². The molecule has 3 aromatic rings. The lowest BCUT2D eigenvalue weighted by Gasteiger charge is -2.14. The van der Waals surface area contributed by atoms with Crippen molar-refractivity contribution in [2.24, 2.45) is 0 Å². The lowest BCUT2D eigenvalue weighted by molar-refractivity contribution is -0.146. The standard InChI is InChI=1S/C20H17ClF4N4O2/c1-11-3-4-13(9-16(11)22)12(2)26-17(30)10-28-19(31)29(18(27-28)20(23,24)25)15-7-5-14(21)6-8-15/h3-9,12H,10H2,1-2H3,(H,26,30)/t12-/m0/s1. The monoisotopic (exact) mass is 456 g/mol. The van der Waals surface area contributed by atoms with E-state index < -0.39 is 42.0 Å². The van der Waals surface area contributed by atoms with Crippen LogP contribution >= 0.6 is 11.6 Å². The first kappa shape index (κ1) is 22.5. The molecule has 31 heavy (non-hydrogen) atoms. The SMILES string of the molecule is Cc1ccc([C@H](C)NC(=O)Cn2nc(C(F)(F)F)n(-c3ccc(Cl)cc3)c2=O)cc1F. The number of amides is 1. The summed E-state index contributed by atoms with van der Waals surface area (Å²) in [5.74, 6) is -2.68. The number of carbonyl (C=O) groups is 1. The zero-order valence-corrected chi connectivity index (χ0v) is 17.1. The van der Waals surface area contributed by atoms with Crippen LogP contribution in [-0.2, 0) is 17.5 Å². The Morgan fingerprint density at radius 1 is 1.19 bits per heavy atom. The van der Waals surface area contributed by atoms with Crippen LogP contribution in [0.1, 0.15) is 29.9 Å². The van der Waals surface area contributed by atoms with E-state index in [0.29, 0.717) is 20.4 Å². The summed E-state index contributed by atoms with van der Waals surface area (Å²) in [6.07, 6.45) is -4.94. The second kappa shape index (κ2) is 8.54. The van der Waals surface area contributed by atoms with E-state index in [-0.39, 0.29) is 10.7 Å². The Morgan fingerprint density at radius 3 is 2.42 bits per heavy atom. The van der Waals surface area contributed by atoms with Gasteiger partial charge >= 0.3 is 11.9 Å². The van der Waals surface area contributed by atoms with Gasteiger partial charge in [0.2, 0.25) is 11.7 Å². The van der Waals surface area contributed by atoms with Crippen molar-refractivity contribution < 1.29 is 22.4 Å². The lowest BCUT2D eigenvalue weighted by Crippen LogP contribution is -2.34. The number of hydrogen-bond donors (Lipinski definition) is 1. The molecular weight excluding hydrogens is 440 g/mol. The van der Waals surface area contributed by atoms with Crippen LogP contribution < -0.4 is 11.0 Å². The zero-order chi connectivity index (χ0) is 22.9. The smallest absolute Gasteiger partial charge is 0.348 e. The molecule has 0 spiro atoms. The minimum absolute atomic E-state index is 0.100. The van der Waals surface area contributed by atoms with Gasteiger partial charge in [0, 0.05) is 5.02 Å². The summed E-state index contributed by atoms with van der Waals surface area (Å²) in [5.41, 5.74) is -0.344. The number of alkyl halides is 3. The molecule has 6 nitrogen and oxygen atoms in total. The molecule has 0 radical (unpaired) electrons. The van der Waals surface area contributed by atoms with E-state index in [1.165, 1.54) is 30.3 Å². The first-order valence-corrected chi connectivity index (χ1v) is 9.43. The predicted molar refractivity (Wildman–Crippen MR) is 106 cm³/mol. The second-order valence-electron chi connectivity index (χ2n) is 6.87. The zero-order valence-electron chi connectivity index (χ0n) is 16.4. The average molecular weight is 457 g/mol. The number of halogens is 5. The summed E-state index contributed by atoms with van der Waals surface area (Å²) in [6.45, 7) is 2.42. The molecule has 0 aliphatic carbocycles. The van der Waals surface area contributed by atoms with E-state index >= 15 is 0 Å². The minimum Gasteiger partial charge on any atom is -0.348 e. The topological polar surface area (TPSA) is 68.9 Å². The summed E-state index contributed by atoms with van der Waals surface area (Å²) in [7, 11) is 0. The van der Waals surface area contributed by atoms with E-state index in [4.69, 9.17) is 11.6 Å². The van der Waals surface area contributed by atoms with Crippen LogP contribution in [0.4, 0.5) is 17.6 Å². The van der Waals surface area contributed by atoms with E-state index in [9.17, 15) is 27.2 Å². The van der Waals surface area contributed by atoms with Crippen molar-refractivity contribution in [2.45, 2.75) is 32.6 Å². The fourth-order valence-electron chi connectivity index (χ4n) is 2.90. The molecule has 0 saturated carbocycles. The molecule has 164 valence electrons. The van der Waals surface area contributed by atoms with Gasteiger partial charge in [-0.2, -0.15) is 13.2 Å². The Kier molecular flexibility index (Phi) is 6.21. The van der Waals surface area contributed by atoms with Gasteiger partial charge in [0.05, 0.1) is 11.7 Å². The van der Waals surface area contributed by atoms with Crippen LogP contribution in [0.3, 0.4) is 0 Å². The first-order chi connectivity index (χ1) is 14.5. The fraction of sp³-hybridized carbons (Fsp3) is 0.250. The van der Waals surface area contributed by atoms with Gasteiger partial charge in [0.15, 0.2) is 0 Å².